The zero-order valence-electron chi connectivity index (χ0n) is 11.0. The van der Waals surface area contributed by atoms with Gasteiger partial charge in [0, 0.05) is 9.40 Å². The highest BCUT2D eigenvalue weighted by Gasteiger charge is 2.20. The lowest BCUT2D eigenvalue weighted by atomic mass is 10.1. The molecule has 1 aliphatic rings. The minimum atomic E-state index is 0.246. The maximum absolute atomic E-state index is 5.46. The lowest BCUT2D eigenvalue weighted by molar-refractivity contribution is 0.403. The molecule has 1 fully saturated rings. The molecule has 1 aliphatic heterocycles. The highest BCUT2D eigenvalue weighted by molar-refractivity contribution is 7.28. The first-order valence-corrected chi connectivity index (χ1v) is 8.64. The minimum absolute atomic E-state index is 0.246. The molecule has 1 saturated heterocycles. The minimum Gasteiger partial charge on any atom is -0.333 e. The van der Waals surface area contributed by atoms with Crippen LogP contribution >= 0.6 is 22.7 Å². The maximum atomic E-state index is 5.46. The van der Waals surface area contributed by atoms with Crippen LogP contribution in [-0.2, 0) is 0 Å². The Labute approximate surface area is 124 Å². The van der Waals surface area contributed by atoms with Crippen LogP contribution in [0.1, 0.15) is 37.5 Å². The molecule has 0 aromatic carbocycles. The van der Waals surface area contributed by atoms with Gasteiger partial charge in [0.1, 0.15) is 0 Å². The zero-order valence-corrected chi connectivity index (χ0v) is 12.6. The lowest BCUT2D eigenvalue weighted by Crippen LogP contribution is -2.21. The summed E-state index contributed by atoms with van der Waals surface area (Å²) in [6, 6.07) is 4.52. The summed E-state index contributed by atoms with van der Waals surface area (Å²) in [5, 5.41) is 9.79. The SMILES string of the molecule is c1cc2sc(-c3nc(C4CCCCCN4)no3)cc2s1. The van der Waals surface area contributed by atoms with E-state index in [1.807, 2.05) is 0 Å². The van der Waals surface area contributed by atoms with Crippen LogP contribution in [0.15, 0.2) is 22.0 Å². The summed E-state index contributed by atoms with van der Waals surface area (Å²) in [6.07, 6.45) is 4.85. The fourth-order valence-electron chi connectivity index (χ4n) is 2.60. The Morgan fingerprint density at radius 3 is 3.20 bits per heavy atom. The molecule has 0 radical (unpaired) electrons. The first-order chi connectivity index (χ1) is 9.90. The molecule has 6 heteroatoms. The standard InChI is InChI=1S/C14H15N3OS2/c1-2-4-9(15-6-3-1)13-16-14(18-17-13)12-8-11-10(20-12)5-7-19-11/h5,7-9,15H,1-4,6H2. The molecule has 4 nitrogen and oxygen atoms in total. The second-order valence-electron chi connectivity index (χ2n) is 5.07. The highest BCUT2D eigenvalue weighted by atomic mass is 32.1. The van der Waals surface area contributed by atoms with Crippen molar-refractivity contribution in [3.63, 3.8) is 0 Å². The first kappa shape index (κ1) is 12.5. The van der Waals surface area contributed by atoms with Crippen LogP contribution < -0.4 is 5.32 Å². The molecule has 3 aromatic heterocycles. The second-order valence-corrected chi connectivity index (χ2v) is 7.10. The Kier molecular flexibility index (Phi) is 3.29. The van der Waals surface area contributed by atoms with E-state index in [0.29, 0.717) is 5.89 Å². The fraction of sp³-hybridized carbons (Fsp3) is 0.429. The van der Waals surface area contributed by atoms with Crippen molar-refractivity contribution in [2.75, 3.05) is 6.54 Å². The number of hydrogen-bond acceptors (Lipinski definition) is 6. The van der Waals surface area contributed by atoms with E-state index in [2.05, 4.69) is 33.0 Å². The van der Waals surface area contributed by atoms with Crippen LogP contribution in [0, 0.1) is 0 Å². The molecule has 0 amide bonds. The topological polar surface area (TPSA) is 51.0 Å². The van der Waals surface area contributed by atoms with Crippen LogP contribution in [0.25, 0.3) is 20.2 Å². The Balaban J connectivity index is 1.62. The van der Waals surface area contributed by atoms with E-state index < -0.39 is 0 Å². The van der Waals surface area contributed by atoms with Crippen molar-refractivity contribution >= 4 is 32.1 Å². The average Bonchev–Trinajstić information content (AvgIpc) is 3.10. The van der Waals surface area contributed by atoms with Crippen LogP contribution in [0.5, 0.6) is 0 Å². The van der Waals surface area contributed by atoms with Crippen molar-refractivity contribution in [1.82, 2.24) is 15.5 Å². The van der Waals surface area contributed by atoms with Crippen molar-refractivity contribution < 1.29 is 4.52 Å². The van der Waals surface area contributed by atoms with Gasteiger partial charge < -0.3 is 9.84 Å². The summed E-state index contributed by atoms with van der Waals surface area (Å²) < 4.78 is 8.04. The van der Waals surface area contributed by atoms with Gasteiger partial charge in [0.25, 0.3) is 5.89 Å². The predicted octanol–water partition coefficient (Wildman–Crippen LogP) is 4.22. The van der Waals surface area contributed by atoms with Gasteiger partial charge >= 0.3 is 0 Å². The average molecular weight is 305 g/mol. The van der Waals surface area contributed by atoms with Crippen LogP contribution in [-0.4, -0.2) is 16.7 Å². The van der Waals surface area contributed by atoms with Gasteiger partial charge in [0.15, 0.2) is 5.82 Å². The van der Waals surface area contributed by atoms with Gasteiger partial charge in [-0.2, -0.15) is 4.98 Å². The summed E-state index contributed by atoms with van der Waals surface area (Å²) in [6.45, 7) is 1.04. The molecule has 1 atom stereocenters. The molecule has 1 N–H and O–H groups in total. The third kappa shape index (κ3) is 2.28. The smallest absolute Gasteiger partial charge is 0.268 e. The molecule has 0 bridgehead atoms. The fourth-order valence-corrected chi connectivity index (χ4v) is 4.63. The van der Waals surface area contributed by atoms with Crippen molar-refractivity contribution in [1.29, 1.82) is 0 Å². The monoisotopic (exact) mass is 305 g/mol. The van der Waals surface area contributed by atoms with Crippen LogP contribution in [0.3, 0.4) is 0 Å². The van der Waals surface area contributed by atoms with Gasteiger partial charge in [-0.05, 0) is 36.9 Å². The number of hydrogen-bond donors (Lipinski definition) is 1. The van der Waals surface area contributed by atoms with Gasteiger partial charge in [0.05, 0.1) is 10.9 Å². The number of fused-ring (bicyclic) bond motifs is 1. The third-order valence-corrected chi connectivity index (χ3v) is 5.75. The summed E-state index contributed by atoms with van der Waals surface area (Å²) in [5.74, 6) is 1.46. The third-order valence-electron chi connectivity index (χ3n) is 3.66. The molecule has 4 heterocycles. The van der Waals surface area contributed by atoms with E-state index in [0.717, 1.165) is 23.7 Å². The Bertz CT molecular complexity index is 678. The molecule has 1 unspecified atom stereocenters. The van der Waals surface area contributed by atoms with E-state index in [1.54, 1.807) is 22.7 Å². The zero-order chi connectivity index (χ0) is 13.4. The summed E-state index contributed by atoms with van der Waals surface area (Å²) in [4.78, 5) is 5.66. The van der Waals surface area contributed by atoms with E-state index in [1.165, 1.54) is 28.7 Å². The number of thiophene rings is 2. The maximum Gasteiger partial charge on any atom is 0.268 e. The van der Waals surface area contributed by atoms with Gasteiger partial charge in [-0.1, -0.05) is 18.0 Å². The van der Waals surface area contributed by atoms with Gasteiger partial charge in [-0.3, -0.25) is 0 Å². The molecular weight excluding hydrogens is 290 g/mol. The predicted molar refractivity (Wildman–Crippen MR) is 82.2 cm³/mol. The van der Waals surface area contributed by atoms with Gasteiger partial charge in [-0.25, -0.2) is 0 Å². The second kappa shape index (κ2) is 5.27. The van der Waals surface area contributed by atoms with Crippen molar-refractivity contribution in [3.8, 4) is 10.8 Å². The lowest BCUT2D eigenvalue weighted by Gasteiger charge is -2.09. The quantitative estimate of drug-likeness (QED) is 0.770. The van der Waals surface area contributed by atoms with E-state index in [-0.39, 0.29) is 6.04 Å². The normalized spacial score (nSPS) is 20.3. The summed E-state index contributed by atoms with van der Waals surface area (Å²) in [7, 11) is 0. The molecule has 104 valence electrons. The molecular formula is C14H15N3OS2. The molecule has 0 spiro atoms. The van der Waals surface area contributed by atoms with Crippen molar-refractivity contribution in [2.45, 2.75) is 31.7 Å². The molecule has 3 aromatic rings. The first-order valence-electron chi connectivity index (χ1n) is 6.94. The Morgan fingerprint density at radius 1 is 1.25 bits per heavy atom. The molecule has 0 aliphatic carbocycles. The van der Waals surface area contributed by atoms with Crippen molar-refractivity contribution in [3.05, 3.63) is 23.3 Å². The Morgan fingerprint density at radius 2 is 2.25 bits per heavy atom. The summed E-state index contributed by atoms with van der Waals surface area (Å²) >= 11 is 3.46. The van der Waals surface area contributed by atoms with Crippen LogP contribution in [0.4, 0.5) is 0 Å². The number of nitrogens with one attached hydrogen (secondary N) is 1. The summed E-state index contributed by atoms with van der Waals surface area (Å²) in [5.41, 5.74) is 0. The molecule has 20 heavy (non-hydrogen) atoms. The number of aromatic nitrogens is 2. The van der Waals surface area contributed by atoms with Gasteiger partial charge in [0.2, 0.25) is 0 Å². The highest BCUT2D eigenvalue weighted by Crippen LogP contribution is 2.36. The van der Waals surface area contributed by atoms with Crippen molar-refractivity contribution in [2.24, 2.45) is 0 Å². The van der Waals surface area contributed by atoms with E-state index >= 15 is 0 Å². The molecule has 4 rings (SSSR count). The van der Waals surface area contributed by atoms with E-state index in [9.17, 15) is 0 Å². The van der Waals surface area contributed by atoms with Gasteiger partial charge in [-0.15, -0.1) is 22.7 Å². The van der Waals surface area contributed by atoms with E-state index in [4.69, 9.17) is 4.52 Å². The Hall–Kier alpha value is -1.24. The number of rotatable bonds is 2. The largest absolute Gasteiger partial charge is 0.333 e. The number of nitrogens with zero attached hydrogens (tertiary/aromatic N) is 2. The van der Waals surface area contributed by atoms with Crippen LogP contribution in [0.2, 0.25) is 0 Å². The molecule has 0 saturated carbocycles.